The van der Waals surface area contributed by atoms with Crippen molar-refractivity contribution in [2.75, 3.05) is 0 Å². The SMILES string of the molecule is Cc1c(Br)cccc1S(=O)(=O)N1C2CCC1C(C(=O)O)C2. The number of benzene rings is 1. The second kappa shape index (κ2) is 5.07. The van der Waals surface area contributed by atoms with Gasteiger partial charge in [0.2, 0.25) is 10.0 Å². The Morgan fingerprint density at radius 2 is 2.10 bits per heavy atom. The highest BCUT2D eigenvalue weighted by atomic mass is 79.9. The van der Waals surface area contributed by atoms with Crippen LogP contribution in [0.3, 0.4) is 0 Å². The fourth-order valence-corrected chi connectivity index (χ4v) is 6.22. The molecule has 1 aromatic rings. The summed E-state index contributed by atoms with van der Waals surface area (Å²) in [7, 11) is -3.65. The number of fused-ring (bicyclic) bond motifs is 2. The van der Waals surface area contributed by atoms with Crippen molar-refractivity contribution in [3.8, 4) is 0 Å². The van der Waals surface area contributed by atoms with Gasteiger partial charge in [-0.3, -0.25) is 4.79 Å². The Kier molecular flexibility index (Phi) is 3.62. The second-order valence-corrected chi connectivity index (χ2v) is 8.34. The van der Waals surface area contributed by atoms with E-state index in [2.05, 4.69) is 15.9 Å². The summed E-state index contributed by atoms with van der Waals surface area (Å²) in [6.45, 7) is 1.75. The third-order valence-electron chi connectivity index (χ3n) is 4.56. The van der Waals surface area contributed by atoms with Gasteiger partial charge in [-0.25, -0.2) is 8.42 Å². The fourth-order valence-electron chi connectivity index (χ4n) is 3.56. The van der Waals surface area contributed by atoms with Crippen molar-refractivity contribution in [3.63, 3.8) is 0 Å². The number of carbonyl (C=O) groups is 1. The van der Waals surface area contributed by atoms with Crippen LogP contribution in [-0.2, 0) is 14.8 Å². The van der Waals surface area contributed by atoms with Gasteiger partial charge in [0.25, 0.3) is 0 Å². The van der Waals surface area contributed by atoms with Crippen LogP contribution < -0.4 is 0 Å². The Labute approximate surface area is 132 Å². The molecule has 2 fully saturated rings. The van der Waals surface area contributed by atoms with E-state index in [0.29, 0.717) is 18.4 Å². The van der Waals surface area contributed by atoms with Gasteiger partial charge in [0.15, 0.2) is 0 Å². The van der Waals surface area contributed by atoms with Crippen molar-refractivity contribution in [2.45, 2.75) is 43.2 Å². The molecule has 7 heteroatoms. The lowest BCUT2D eigenvalue weighted by molar-refractivity contribution is -0.142. The first-order valence-corrected chi connectivity index (χ1v) is 9.09. The Morgan fingerprint density at radius 1 is 1.38 bits per heavy atom. The Balaban J connectivity index is 2.04. The van der Waals surface area contributed by atoms with E-state index in [1.165, 1.54) is 4.31 Å². The number of sulfonamides is 1. The second-order valence-electron chi connectivity index (χ2n) is 5.68. The van der Waals surface area contributed by atoms with E-state index in [-0.39, 0.29) is 10.9 Å². The smallest absolute Gasteiger partial charge is 0.308 e. The minimum Gasteiger partial charge on any atom is -0.481 e. The molecule has 0 saturated carbocycles. The van der Waals surface area contributed by atoms with Crippen LogP contribution in [0.1, 0.15) is 24.8 Å². The van der Waals surface area contributed by atoms with Crippen LogP contribution in [0, 0.1) is 12.8 Å². The van der Waals surface area contributed by atoms with Gasteiger partial charge in [0, 0.05) is 16.6 Å². The molecule has 2 saturated heterocycles. The van der Waals surface area contributed by atoms with Crippen molar-refractivity contribution in [2.24, 2.45) is 5.92 Å². The predicted molar refractivity (Wildman–Crippen MR) is 80.5 cm³/mol. The van der Waals surface area contributed by atoms with Crippen LogP contribution in [0.2, 0.25) is 0 Å². The highest BCUT2D eigenvalue weighted by Gasteiger charge is 2.54. The maximum Gasteiger partial charge on any atom is 0.308 e. The predicted octanol–water partition coefficient (Wildman–Crippen LogP) is 2.38. The first kappa shape index (κ1) is 15.0. The van der Waals surface area contributed by atoms with E-state index >= 15 is 0 Å². The summed E-state index contributed by atoms with van der Waals surface area (Å²) in [5.74, 6) is -1.47. The lowest BCUT2D eigenvalue weighted by atomic mass is 9.89. The molecule has 21 heavy (non-hydrogen) atoms. The summed E-state index contributed by atoms with van der Waals surface area (Å²) in [5, 5.41) is 9.26. The first-order valence-electron chi connectivity index (χ1n) is 6.85. The average molecular weight is 374 g/mol. The van der Waals surface area contributed by atoms with Crippen LogP contribution in [0.5, 0.6) is 0 Å². The van der Waals surface area contributed by atoms with Crippen molar-refractivity contribution < 1.29 is 18.3 Å². The third-order valence-corrected chi connectivity index (χ3v) is 7.54. The molecule has 0 amide bonds. The number of carboxylic acids is 1. The Hall–Kier alpha value is -0.920. The number of nitrogens with zero attached hydrogens (tertiary/aromatic N) is 1. The molecule has 0 aliphatic carbocycles. The molecule has 114 valence electrons. The molecule has 2 aliphatic heterocycles. The van der Waals surface area contributed by atoms with Gasteiger partial charge >= 0.3 is 5.97 Å². The number of hydrogen-bond donors (Lipinski definition) is 1. The fraction of sp³-hybridized carbons (Fsp3) is 0.500. The van der Waals surface area contributed by atoms with Gasteiger partial charge in [-0.05, 0) is 43.9 Å². The zero-order chi connectivity index (χ0) is 15.4. The number of hydrogen-bond acceptors (Lipinski definition) is 3. The minimum absolute atomic E-state index is 0.181. The maximum absolute atomic E-state index is 12.9. The highest BCUT2D eigenvalue weighted by molar-refractivity contribution is 9.10. The molecule has 0 radical (unpaired) electrons. The van der Waals surface area contributed by atoms with Crippen LogP contribution in [0.15, 0.2) is 27.6 Å². The lowest BCUT2D eigenvalue weighted by Gasteiger charge is -2.23. The number of aliphatic carboxylic acids is 1. The Bertz CT molecular complexity index is 703. The molecule has 2 bridgehead atoms. The molecule has 1 aromatic carbocycles. The normalized spacial score (nSPS) is 29.0. The molecule has 2 aliphatic rings. The molecule has 3 rings (SSSR count). The van der Waals surface area contributed by atoms with Gasteiger partial charge in [0.05, 0.1) is 10.8 Å². The van der Waals surface area contributed by atoms with Crippen LogP contribution in [0.4, 0.5) is 0 Å². The van der Waals surface area contributed by atoms with E-state index in [4.69, 9.17) is 0 Å². The minimum atomic E-state index is -3.65. The van der Waals surface area contributed by atoms with Crippen LogP contribution in [0.25, 0.3) is 0 Å². The summed E-state index contributed by atoms with van der Waals surface area (Å²) in [6, 6.07) is 4.49. The molecular weight excluding hydrogens is 358 g/mol. The third kappa shape index (κ3) is 2.22. The number of carboxylic acid groups (broad SMARTS) is 1. The zero-order valence-electron chi connectivity index (χ0n) is 11.5. The van der Waals surface area contributed by atoms with E-state index in [9.17, 15) is 18.3 Å². The van der Waals surface area contributed by atoms with E-state index in [0.717, 1.165) is 10.9 Å². The quantitative estimate of drug-likeness (QED) is 0.882. The van der Waals surface area contributed by atoms with E-state index in [1.807, 2.05) is 0 Å². The summed E-state index contributed by atoms with van der Waals surface area (Å²) in [6.07, 6.45) is 1.81. The summed E-state index contributed by atoms with van der Waals surface area (Å²) < 4.78 is 28.1. The Morgan fingerprint density at radius 3 is 2.71 bits per heavy atom. The van der Waals surface area contributed by atoms with E-state index in [1.54, 1.807) is 25.1 Å². The van der Waals surface area contributed by atoms with Gasteiger partial charge in [-0.1, -0.05) is 22.0 Å². The van der Waals surface area contributed by atoms with E-state index < -0.39 is 28.0 Å². The van der Waals surface area contributed by atoms with Crippen LogP contribution in [-0.4, -0.2) is 35.9 Å². The first-order chi connectivity index (χ1) is 9.84. The molecule has 2 heterocycles. The van der Waals surface area contributed by atoms with Gasteiger partial charge in [-0.2, -0.15) is 4.31 Å². The number of rotatable bonds is 3. The summed E-state index contributed by atoms with van der Waals surface area (Å²) in [4.78, 5) is 11.6. The molecule has 0 aromatic heterocycles. The van der Waals surface area contributed by atoms with Crippen molar-refractivity contribution in [1.82, 2.24) is 4.31 Å². The monoisotopic (exact) mass is 373 g/mol. The molecule has 1 N–H and O–H groups in total. The molecule has 5 nitrogen and oxygen atoms in total. The summed E-state index contributed by atoms with van der Waals surface area (Å²) in [5.41, 5.74) is 0.663. The van der Waals surface area contributed by atoms with Crippen molar-refractivity contribution in [3.05, 3.63) is 28.2 Å². The zero-order valence-corrected chi connectivity index (χ0v) is 13.9. The molecule has 3 unspecified atom stereocenters. The largest absolute Gasteiger partial charge is 0.481 e. The number of halogens is 1. The maximum atomic E-state index is 12.9. The van der Waals surface area contributed by atoms with Gasteiger partial charge in [-0.15, -0.1) is 0 Å². The average Bonchev–Trinajstić information content (AvgIpc) is 2.99. The summed E-state index contributed by atoms with van der Waals surface area (Å²) >= 11 is 3.35. The molecule has 0 spiro atoms. The van der Waals surface area contributed by atoms with Gasteiger partial charge < -0.3 is 5.11 Å². The molecular formula is C14H16BrNO4S. The van der Waals surface area contributed by atoms with Gasteiger partial charge in [0.1, 0.15) is 0 Å². The van der Waals surface area contributed by atoms with Crippen molar-refractivity contribution in [1.29, 1.82) is 0 Å². The highest BCUT2D eigenvalue weighted by Crippen LogP contribution is 2.45. The standard InChI is InChI=1S/C14H16BrNO4S/c1-8-11(15)3-2-4-13(8)21(19,20)16-9-5-6-12(16)10(7-9)14(17)18/h2-4,9-10,12H,5-7H2,1H3,(H,17,18). The van der Waals surface area contributed by atoms with Crippen molar-refractivity contribution >= 4 is 31.9 Å². The topological polar surface area (TPSA) is 74.7 Å². The lowest BCUT2D eigenvalue weighted by Crippen LogP contribution is -2.38. The molecule has 3 atom stereocenters. The van der Waals surface area contributed by atoms with Crippen LogP contribution >= 0.6 is 15.9 Å².